The van der Waals surface area contributed by atoms with Crippen molar-refractivity contribution < 1.29 is 14.6 Å². The Labute approximate surface area is 101 Å². The molecule has 0 unspecified atom stereocenters. The van der Waals surface area contributed by atoms with Gasteiger partial charge in [0.15, 0.2) is 0 Å². The molecule has 3 N–H and O–H groups in total. The molecule has 0 saturated heterocycles. The Bertz CT molecular complexity index is 392. The predicted octanol–water partition coefficient (Wildman–Crippen LogP) is 1.44. The van der Waals surface area contributed by atoms with E-state index in [9.17, 15) is 9.90 Å². The van der Waals surface area contributed by atoms with Gasteiger partial charge in [0.2, 0.25) is 0 Å². The van der Waals surface area contributed by atoms with E-state index in [1.165, 1.54) is 0 Å². The van der Waals surface area contributed by atoms with Gasteiger partial charge in [0, 0.05) is 0 Å². The zero-order valence-electron chi connectivity index (χ0n) is 10.5. The van der Waals surface area contributed by atoms with Crippen LogP contribution in [0.1, 0.15) is 23.6 Å². The van der Waals surface area contributed by atoms with Gasteiger partial charge >= 0.3 is 5.97 Å². The second kappa shape index (κ2) is 5.68. The molecule has 0 aliphatic heterocycles. The van der Waals surface area contributed by atoms with Gasteiger partial charge in [0.05, 0.1) is 6.61 Å². The molecule has 4 heteroatoms. The third-order valence-corrected chi connectivity index (χ3v) is 2.69. The summed E-state index contributed by atoms with van der Waals surface area (Å²) in [5, 5.41) is 9.42. The third-order valence-electron chi connectivity index (χ3n) is 2.69. The SMILES string of the molecule is CCOC(=O)[C@@H](N)Cc1c(C)cc(O)cc1C. The number of hydrogen-bond acceptors (Lipinski definition) is 4. The van der Waals surface area contributed by atoms with Gasteiger partial charge < -0.3 is 15.6 Å². The summed E-state index contributed by atoms with van der Waals surface area (Å²) in [4.78, 5) is 11.4. The van der Waals surface area contributed by atoms with Crippen LogP contribution in [0.3, 0.4) is 0 Å². The summed E-state index contributed by atoms with van der Waals surface area (Å²) in [7, 11) is 0. The second-order valence-electron chi connectivity index (χ2n) is 4.12. The molecular weight excluding hydrogens is 218 g/mol. The van der Waals surface area contributed by atoms with Crippen LogP contribution in [-0.4, -0.2) is 23.7 Å². The normalized spacial score (nSPS) is 12.2. The number of hydrogen-bond donors (Lipinski definition) is 2. The monoisotopic (exact) mass is 237 g/mol. The summed E-state index contributed by atoms with van der Waals surface area (Å²) in [5.41, 5.74) is 8.63. The average Bonchev–Trinajstić information content (AvgIpc) is 2.23. The fourth-order valence-electron chi connectivity index (χ4n) is 1.85. The molecule has 0 spiro atoms. The number of phenols is 1. The van der Waals surface area contributed by atoms with Crippen LogP contribution in [0.5, 0.6) is 5.75 Å². The summed E-state index contributed by atoms with van der Waals surface area (Å²) >= 11 is 0. The average molecular weight is 237 g/mol. The van der Waals surface area contributed by atoms with Crippen molar-refractivity contribution in [3.8, 4) is 5.75 Å². The third kappa shape index (κ3) is 3.46. The number of benzene rings is 1. The fourth-order valence-corrected chi connectivity index (χ4v) is 1.85. The number of carbonyl (C=O) groups is 1. The number of ether oxygens (including phenoxy) is 1. The highest BCUT2D eigenvalue weighted by Crippen LogP contribution is 2.21. The van der Waals surface area contributed by atoms with E-state index in [-0.39, 0.29) is 11.7 Å². The minimum atomic E-state index is -0.656. The first-order valence-corrected chi connectivity index (χ1v) is 5.67. The summed E-state index contributed by atoms with van der Waals surface area (Å²) in [6.45, 7) is 5.86. The maximum absolute atomic E-state index is 11.4. The largest absolute Gasteiger partial charge is 0.508 e. The van der Waals surface area contributed by atoms with E-state index in [0.29, 0.717) is 13.0 Å². The van der Waals surface area contributed by atoms with Crippen LogP contribution in [0.15, 0.2) is 12.1 Å². The first-order chi connectivity index (χ1) is 7.95. The second-order valence-corrected chi connectivity index (χ2v) is 4.12. The Hall–Kier alpha value is -1.55. The van der Waals surface area contributed by atoms with E-state index in [2.05, 4.69) is 0 Å². The van der Waals surface area contributed by atoms with Gasteiger partial charge in [-0.3, -0.25) is 4.79 Å². The molecule has 0 aliphatic rings. The highest BCUT2D eigenvalue weighted by Gasteiger charge is 2.17. The lowest BCUT2D eigenvalue weighted by molar-refractivity contribution is -0.144. The molecule has 0 heterocycles. The lowest BCUT2D eigenvalue weighted by atomic mass is 9.96. The summed E-state index contributed by atoms with van der Waals surface area (Å²) < 4.78 is 4.87. The van der Waals surface area contributed by atoms with Crippen molar-refractivity contribution in [3.05, 3.63) is 28.8 Å². The van der Waals surface area contributed by atoms with Crippen molar-refractivity contribution in [1.82, 2.24) is 0 Å². The van der Waals surface area contributed by atoms with Crippen LogP contribution in [0, 0.1) is 13.8 Å². The first-order valence-electron chi connectivity index (χ1n) is 5.67. The topological polar surface area (TPSA) is 72.5 Å². The molecule has 0 aliphatic carbocycles. The van der Waals surface area contributed by atoms with Gasteiger partial charge in [0.1, 0.15) is 11.8 Å². The van der Waals surface area contributed by atoms with Crippen LogP contribution in [-0.2, 0) is 16.0 Å². The van der Waals surface area contributed by atoms with Crippen molar-refractivity contribution in [3.63, 3.8) is 0 Å². The van der Waals surface area contributed by atoms with Crippen molar-refractivity contribution in [2.75, 3.05) is 6.61 Å². The quantitative estimate of drug-likeness (QED) is 0.777. The van der Waals surface area contributed by atoms with Crippen molar-refractivity contribution in [1.29, 1.82) is 0 Å². The molecule has 0 saturated carbocycles. The lowest BCUT2D eigenvalue weighted by Crippen LogP contribution is -2.34. The number of rotatable bonds is 4. The zero-order chi connectivity index (χ0) is 13.0. The molecule has 1 atom stereocenters. The van der Waals surface area contributed by atoms with Crippen LogP contribution in [0.2, 0.25) is 0 Å². The van der Waals surface area contributed by atoms with E-state index in [1.54, 1.807) is 19.1 Å². The van der Waals surface area contributed by atoms with E-state index in [0.717, 1.165) is 16.7 Å². The van der Waals surface area contributed by atoms with Gasteiger partial charge in [-0.05, 0) is 56.0 Å². The highest BCUT2D eigenvalue weighted by molar-refractivity contribution is 5.76. The predicted molar refractivity (Wildman–Crippen MR) is 65.9 cm³/mol. The number of aromatic hydroxyl groups is 1. The lowest BCUT2D eigenvalue weighted by Gasteiger charge is -2.15. The van der Waals surface area contributed by atoms with Crippen molar-refractivity contribution >= 4 is 5.97 Å². The highest BCUT2D eigenvalue weighted by atomic mass is 16.5. The first kappa shape index (κ1) is 13.5. The van der Waals surface area contributed by atoms with Crippen LogP contribution < -0.4 is 5.73 Å². The molecule has 4 nitrogen and oxygen atoms in total. The Morgan fingerprint density at radius 1 is 1.41 bits per heavy atom. The molecule has 0 amide bonds. The molecule has 0 aromatic heterocycles. The van der Waals surface area contributed by atoms with Crippen LogP contribution >= 0.6 is 0 Å². The van der Waals surface area contributed by atoms with E-state index in [1.807, 2.05) is 13.8 Å². The number of esters is 1. The molecule has 0 fully saturated rings. The number of carbonyl (C=O) groups excluding carboxylic acids is 1. The molecule has 0 bridgehead atoms. The van der Waals surface area contributed by atoms with Crippen molar-refractivity contribution in [2.45, 2.75) is 33.2 Å². The van der Waals surface area contributed by atoms with Gasteiger partial charge in [-0.2, -0.15) is 0 Å². The van der Waals surface area contributed by atoms with Gasteiger partial charge in [-0.15, -0.1) is 0 Å². The molecule has 1 aromatic carbocycles. The van der Waals surface area contributed by atoms with Crippen molar-refractivity contribution in [2.24, 2.45) is 5.73 Å². The standard InChI is InChI=1S/C13H19NO3/c1-4-17-13(16)12(14)7-11-8(2)5-10(15)6-9(11)3/h5-6,12,15H,4,7,14H2,1-3H3/t12-/m0/s1. The molecule has 1 aromatic rings. The van der Waals surface area contributed by atoms with Gasteiger partial charge in [0.25, 0.3) is 0 Å². The van der Waals surface area contributed by atoms with E-state index in [4.69, 9.17) is 10.5 Å². The van der Waals surface area contributed by atoms with E-state index < -0.39 is 6.04 Å². The molecule has 0 radical (unpaired) electrons. The molecular formula is C13H19NO3. The van der Waals surface area contributed by atoms with Gasteiger partial charge in [-0.1, -0.05) is 0 Å². The summed E-state index contributed by atoms with van der Waals surface area (Å²) in [6.07, 6.45) is 0.427. The molecule has 17 heavy (non-hydrogen) atoms. The van der Waals surface area contributed by atoms with Crippen LogP contribution in [0.25, 0.3) is 0 Å². The Balaban J connectivity index is 2.85. The minimum Gasteiger partial charge on any atom is -0.508 e. The summed E-state index contributed by atoms with van der Waals surface area (Å²) in [6, 6.07) is 2.68. The smallest absolute Gasteiger partial charge is 0.323 e. The Kier molecular flexibility index (Phi) is 4.52. The van der Waals surface area contributed by atoms with Gasteiger partial charge in [-0.25, -0.2) is 0 Å². The molecule has 94 valence electrons. The number of nitrogens with two attached hydrogens (primary N) is 1. The zero-order valence-corrected chi connectivity index (χ0v) is 10.5. The Morgan fingerprint density at radius 2 is 1.94 bits per heavy atom. The summed E-state index contributed by atoms with van der Waals surface area (Å²) in [5.74, 6) is -0.159. The number of phenolic OH excluding ortho intramolecular Hbond substituents is 1. The number of aryl methyl sites for hydroxylation is 2. The fraction of sp³-hybridized carbons (Fsp3) is 0.462. The van der Waals surface area contributed by atoms with Crippen LogP contribution in [0.4, 0.5) is 0 Å². The Morgan fingerprint density at radius 3 is 2.41 bits per heavy atom. The maximum Gasteiger partial charge on any atom is 0.323 e. The van der Waals surface area contributed by atoms with E-state index >= 15 is 0 Å². The molecule has 1 rings (SSSR count). The maximum atomic E-state index is 11.4. The minimum absolute atomic E-state index is 0.230.